The van der Waals surface area contributed by atoms with Crippen LogP contribution in [0.5, 0.6) is 5.75 Å². The molecule has 0 saturated heterocycles. The smallest absolute Gasteiger partial charge is 0.248 e. The van der Waals surface area contributed by atoms with Crippen LogP contribution in [0, 0.1) is 5.82 Å². The normalized spacial score (nSPS) is 16.0. The number of aromatic amines is 1. The van der Waals surface area contributed by atoms with Gasteiger partial charge in [-0.25, -0.2) is 4.39 Å². The molecular formula is C23H21ClFN3O2. The number of H-pyrrole nitrogens is 1. The molecule has 0 amide bonds. The quantitative estimate of drug-likeness (QED) is 0.681. The predicted octanol–water partition coefficient (Wildman–Crippen LogP) is 4.26. The van der Waals surface area contributed by atoms with Crippen molar-refractivity contribution in [2.24, 2.45) is 0 Å². The molecule has 2 aliphatic heterocycles. The number of hydrogen-bond donors (Lipinski definition) is 1. The zero-order chi connectivity index (χ0) is 20.7. The van der Waals surface area contributed by atoms with Crippen LogP contribution in [0.1, 0.15) is 16.7 Å². The Balaban J connectivity index is 1.45. The Bertz CT molecular complexity index is 1160. The number of pyridine rings is 1. The number of ether oxygens (including phenoxy) is 1. The minimum Gasteiger partial charge on any atom is -0.490 e. The summed E-state index contributed by atoms with van der Waals surface area (Å²) >= 11 is 6.60. The Labute approximate surface area is 178 Å². The lowest BCUT2D eigenvalue weighted by Crippen LogP contribution is -2.26. The van der Waals surface area contributed by atoms with Crippen LogP contribution in [0.2, 0.25) is 5.02 Å². The number of nitrogens with one attached hydrogen (secondary N) is 1. The van der Waals surface area contributed by atoms with Gasteiger partial charge in [-0.15, -0.1) is 0 Å². The summed E-state index contributed by atoms with van der Waals surface area (Å²) in [6.07, 6.45) is 2.47. The fraction of sp³-hybridized carbons (Fsp3) is 0.261. The van der Waals surface area contributed by atoms with Gasteiger partial charge in [-0.05, 0) is 53.9 Å². The van der Waals surface area contributed by atoms with Gasteiger partial charge in [0.2, 0.25) is 5.56 Å². The number of aromatic nitrogens is 1. The molecule has 0 radical (unpaired) electrons. The van der Waals surface area contributed by atoms with Crippen molar-refractivity contribution in [3.05, 3.63) is 86.5 Å². The van der Waals surface area contributed by atoms with E-state index in [2.05, 4.69) is 20.9 Å². The monoisotopic (exact) mass is 425 g/mol. The summed E-state index contributed by atoms with van der Waals surface area (Å²) in [7, 11) is 0. The van der Waals surface area contributed by atoms with Gasteiger partial charge in [0.1, 0.15) is 18.2 Å². The third kappa shape index (κ3) is 3.68. The van der Waals surface area contributed by atoms with Crippen LogP contribution in [0.15, 0.2) is 53.5 Å². The van der Waals surface area contributed by atoms with Crippen molar-refractivity contribution < 1.29 is 9.13 Å². The number of nitrogens with zero attached hydrogens (tertiary/aromatic N) is 2. The molecule has 5 nitrogen and oxygen atoms in total. The van der Waals surface area contributed by atoms with E-state index in [9.17, 15) is 9.18 Å². The van der Waals surface area contributed by atoms with Crippen molar-refractivity contribution in [2.75, 3.05) is 24.6 Å². The number of hydrogen-bond acceptors (Lipinski definition) is 4. The summed E-state index contributed by atoms with van der Waals surface area (Å²) in [5, 5.41) is 0.580. The Hall–Kier alpha value is -2.83. The number of benzene rings is 2. The van der Waals surface area contributed by atoms with Crippen molar-refractivity contribution in [1.29, 1.82) is 0 Å². The largest absolute Gasteiger partial charge is 0.490 e. The third-order valence-corrected chi connectivity index (χ3v) is 5.93. The second kappa shape index (κ2) is 7.78. The Morgan fingerprint density at radius 3 is 2.87 bits per heavy atom. The highest BCUT2D eigenvalue weighted by Gasteiger charge is 2.25. The summed E-state index contributed by atoms with van der Waals surface area (Å²) in [6, 6.07) is 12.5. The van der Waals surface area contributed by atoms with Crippen molar-refractivity contribution in [3.63, 3.8) is 0 Å². The van der Waals surface area contributed by atoms with Gasteiger partial charge in [0.05, 0.1) is 5.02 Å². The summed E-state index contributed by atoms with van der Waals surface area (Å²) in [6.45, 7) is 3.37. The van der Waals surface area contributed by atoms with E-state index < -0.39 is 0 Å². The Kier molecular flexibility index (Phi) is 4.97. The molecule has 5 rings (SSSR count). The molecule has 154 valence electrons. The van der Waals surface area contributed by atoms with E-state index in [0.29, 0.717) is 30.5 Å². The first-order valence-corrected chi connectivity index (χ1v) is 10.4. The maximum absolute atomic E-state index is 13.6. The van der Waals surface area contributed by atoms with E-state index in [4.69, 9.17) is 16.3 Å². The molecule has 0 fully saturated rings. The van der Waals surface area contributed by atoms with E-state index in [1.807, 2.05) is 18.2 Å². The average molecular weight is 426 g/mol. The first kappa shape index (κ1) is 19.2. The van der Waals surface area contributed by atoms with Gasteiger partial charge in [0.25, 0.3) is 0 Å². The number of anilines is 2. The maximum atomic E-state index is 13.6. The van der Waals surface area contributed by atoms with Crippen LogP contribution in [-0.4, -0.2) is 29.6 Å². The molecule has 0 atom stereocenters. The number of rotatable bonds is 3. The second-order valence-corrected chi connectivity index (χ2v) is 8.12. The summed E-state index contributed by atoms with van der Waals surface area (Å²) in [5.74, 6) is 0.506. The van der Waals surface area contributed by atoms with Crippen molar-refractivity contribution in [2.45, 2.75) is 19.5 Å². The lowest BCUT2D eigenvalue weighted by Gasteiger charge is -2.23. The second-order valence-electron chi connectivity index (χ2n) is 7.71. The SMILES string of the molecule is O=c1cc(CN2CCOc3c(Cl)cc(N4CCc5cc(F)ccc54)cc3C2)cc[nH]1. The molecule has 0 saturated carbocycles. The highest BCUT2D eigenvalue weighted by atomic mass is 35.5. The summed E-state index contributed by atoms with van der Waals surface area (Å²) < 4.78 is 19.6. The summed E-state index contributed by atoms with van der Waals surface area (Å²) in [5.41, 5.74) is 4.87. The minimum absolute atomic E-state index is 0.103. The molecule has 0 unspecified atom stereocenters. The van der Waals surface area contributed by atoms with Gasteiger partial charge in [-0.2, -0.15) is 0 Å². The topological polar surface area (TPSA) is 48.6 Å². The molecule has 1 N–H and O–H groups in total. The Morgan fingerprint density at radius 2 is 2.00 bits per heavy atom. The first-order valence-electron chi connectivity index (χ1n) is 9.98. The molecule has 0 spiro atoms. The summed E-state index contributed by atoms with van der Waals surface area (Å²) in [4.78, 5) is 18.7. The van der Waals surface area contributed by atoms with E-state index >= 15 is 0 Å². The first-order chi connectivity index (χ1) is 14.6. The maximum Gasteiger partial charge on any atom is 0.248 e. The van der Waals surface area contributed by atoms with Crippen molar-refractivity contribution in [3.8, 4) is 5.75 Å². The minimum atomic E-state index is -0.209. The number of fused-ring (bicyclic) bond motifs is 2. The standard InChI is InChI=1S/C23H21ClFN3O2/c24-20-12-19(28-6-4-16-10-18(25)1-2-21(16)28)11-17-14-27(7-8-30-23(17)20)13-15-3-5-26-22(29)9-15/h1-3,5,9-12H,4,6-8,13-14H2,(H,26,29). The van der Waals surface area contributed by atoms with Gasteiger partial charge < -0.3 is 14.6 Å². The molecule has 1 aromatic heterocycles. The van der Waals surface area contributed by atoms with E-state index in [0.717, 1.165) is 47.6 Å². The molecule has 7 heteroatoms. The van der Waals surface area contributed by atoms with Crippen LogP contribution in [0.3, 0.4) is 0 Å². The van der Waals surface area contributed by atoms with E-state index in [1.165, 1.54) is 6.07 Å². The molecular weight excluding hydrogens is 405 g/mol. The van der Waals surface area contributed by atoms with Crippen molar-refractivity contribution in [1.82, 2.24) is 9.88 Å². The lowest BCUT2D eigenvalue weighted by atomic mass is 10.1. The van der Waals surface area contributed by atoms with Gasteiger partial charge in [-0.1, -0.05) is 11.6 Å². The van der Waals surface area contributed by atoms with Crippen LogP contribution < -0.4 is 15.2 Å². The highest BCUT2D eigenvalue weighted by Crippen LogP contribution is 2.41. The van der Waals surface area contributed by atoms with Gasteiger partial charge in [-0.3, -0.25) is 9.69 Å². The van der Waals surface area contributed by atoms with Gasteiger partial charge >= 0.3 is 0 Å². The van der Waals surface area contributed by atoms with E-state index in [-0.39, 0.29) is 11.4 Å². The van der Waals surface area contributed by atoms with Crippen LogP contribution >= 0.6 is 11.6 Å². The lowest BCUT2D eigenvalue weighted by molar-refractivity contribution is 0.219. The van der Waals surface area contributed by atoms with Gasteiger partial charge in [0.15, 0.2) is 0 Å². The molecule has 30 heavy (non-hydrogen) atoms. The predicted molar refractivity (Wildman–Crippen MR) is 115 cm³/mol. The van der Waals surface area contributed by atoms with Crippen LogP contribution in [0.4, 0.5) is 15.8 Å². The van der Waals surface area contributed by atoms with E-state index in [1.54, 1.807) is 18.3 Å². The zero-order valence-corrected chi connectivity index (χ0v) is 17.1. The Morgan fingerprint density at radius 1 is 1.10 bits per heavy atom. The molecule has 3 aromatic rings. The molecule has 3 heterocycles. The average Bonchev–Trinajstić information content (AvgIpc) is 3.01. The molecule has 2 aromatic carbocycles. The zero-order valence-electron chi connectivity index (χ0n) is 16.3. The van der Waals surface area contributed by atoms with Crippen LogP contribution in [-0.2, 0) is 19.5 Å². The van der Waals surface area contributed by atoms with Crippen molar-refractivity contribution >= 4 is 23.0 Å². The molecule has 0 aliphatic carbocycles. The highest BCUT2D eigenvalue weighted by molar-refractivity contribution is 6.32. The van der Waals surface area contributed by atoms with Crippen LogP contribution in [0.25, 0.3) is 0 Å². The molecule has 0 bridgehead atoms. The fourth-order valence-corrected chi connectivity index (χ4v) is 4.57. The van der Waals surface area contributed by atoms with Gasteiger partial charge in [0, 0.05) is 55.4 Å². The fourth-order valence-electron chi connectivity index (χ4n) is 4.29. The molecule has 2 aliphatic rings. The number of halogens is 2. The third-order valence-electron chi connectivity index (χ3n) is 5.65.